The van der Waals surface area contributed by atoms with Crippen molar-refractivity contribution in [3.8, 4) is 0 Å². The van der Waals surface area contributed by atoms with Crippen molar-refractivity contribution in [2.75, 3.05) is 11.9 Å². The van der Waals surface area contributed by atoms with Crippen LogP contribution in [0.4, 0.5) is 5.69 Å². The van der Waals surface area contributed by atoms with E-state index >= 15 is 0 Å². The second kappa shape index (κ2) is 5.46. The van der Waals surface area contributed by atoms with E-state index in [0.717, 1.165) is 12.2 Å². The summed E-state index contributed by atoms with van der Waals surface area (Å²) < 4.78 is 0. The van der Waals surface area contributed by atoms with Crippen molar-refractivity contribution in [3.63, 3.8) is 0 Å². The quantitative estimate of drug-likeness (QED) is 0.870. The molecule has 0 aliphatic rings. The molecule has 1 aromatic carbocycles. The van der Waals surface area contributed by atoms with E-state index in [9.17, 15) is 0 Å². The molecule has 2 N–H and O–H groups in total. The first-order valence-electron chi connectivity index (χ1n) is 5.69. The molecule has 0 atom stereocenters. The van der Waals surface area contributed by atoms with Gasteiger partial charge in [-0.05, 0) is 23.3 Å². The molecule has 2 rings (SSSR count). The highest BCUT2D eigenvalue weighted by Gasteiger charge is 2.04. The first-order valence-corrected chi connectivity index (χ1v) is 5.69. The Labute approximate surface area is 102 Å². The fourth-order valence-corrected chi connectivity index (χ4v) is 1.86. The Morgan fingerprint density at radius 3 is 2.35 bits per heavy atom. The van der Waals surface area contributed by atoms with Gasteiger partial charge in [0.2, 0.25) is 0 Å². The van der Waals surface area contributed by atoms with Gasteiger partial charge in [-0.25, -0.2) is 0 Å². The van der Waals surface area contributed by atoms with Gasteiger partial charge >= 0.3 is 0 Å². The van der Waals surface area contributed by atoms with Gasteiger partial charge in [0.25, 0.3) is 0 Å². The van der Waals surface area contributed by atoms with Gasteiger partial charge in [0.05, 0.1) is 0 Å². The monoisotopic (exact) mass is 227 g/mol. The van der Waals surface area contributed by atoms with Gasteiger partial charge in [-0.15, -0.1) is 0 Å². The standard InChI is InChI=1S/C14H17N3/c1-17(14-6-8-16-9-7-14)11-13-5-3-2-4-12(13)10-15/h2-9H,10-11,15H2,1H3. The van der Waals surface area contributed by atoms with Crippen molar-refractivity contribution in [1.82, 2.24) is 4.98 Å². The third-order valence-electron chi connectivity index (χ3n) is 2.85. The molecule has 88 valence electrons. The Kier molecular flexibility index (Phi) is 3.73. The predicted octanol–water partition coefficient (Wildman–Crippen LogP) is 2.18. The molecule has 0 unspecified atom stereocenters. The van der Waals surface area contributed by atoms with Crippen molar-refractivity contribution in [3.05, 3.63) is 59.9 Å². The Hall–Kier alpha value is -1.87. The van der Waals surface area contributed by atoms with Gasteiger partial charge < -0.3 is 10.6 Å². The van der Waals surface area contributed by atoms with E-state index in [-0.39, 0.29) is 0 Å². The van der Waals surface area contributed by atoms with Crippen LogP contribution in [0.1, 0.15) is 11.1 Å². The van der Waals surface area contributed by atoms with Gasteiger partial charge in [0.1, 0.15) is 0 Å². The highest BCUT2D eigenvalue weighted by atomic mass is 15.1. The minimum atomic E-state index is 0.584. The molecule has 0 aliphatic heterocycles. The number of pyridine rings is 1. The number of nitrogens with two attached hydrogens (primary N) is 1. The second-order valence-electron chi connectivity index (χ2n) is 4.03. The van der Waals surface area contributed by atoms with Gasteiger partial charge in [0.15, 0.2) is 0 Å². The number of benzene rings is 1. The highest BCUT2D eigenvalue weighted by molar-refractivity contribution is 5.45. The van der Waals surface area contributed by atoms with E-state index < -0.39 is 0 Å². The molecule has 1 heterocycles. The maximum Gasteiger partial charge on any atom is 0.0429 e. The van der Waals surface area contributed by atoms with E-state index in [1.165, 1.54) is 11.1 Å². The minimum absolute atomic E-state index is 0.584. The maximum atomic E-state index is 5.74. The zero-order valence-electron chi connectivity index (χ0n) is 10.0. The molecule has 0 saturated carbocycles. The summed E-state index contributed by atoms with van der Waals surface area (Å²) in [7, 11) is 2.07. The summed E-state index contributed by atoms with van der Waals surface area (Å²) in [5.41, 5.74) is 9.37. The normalized spacial score (nSPS) is 10.2. The Morgan fingerprint density at radius 2 is 1.71 bits per heavy atom. The van der Waals surface area contributed by atoms with Crippen LogP contribution in [-0.2, 0) is 13.1 Å². The van der Waals surface area contributed by atoms with Gasteiger partial charge in [-0.1, -0.05) is 24.3 Å². The minimum Gasteiger partial charge on any atom is -0.370 e. The average molecular weight is 227 g/mol. The van der Waals surface area contributed by atoms with Crippen LogP contribution in [-0.4, -0.2) is 12.0 Å². The lowest BCUT2D eigenvalue weighted by atomic mass is 10.1. The molecule has 0 spiro atoms. The van der Waals surface area contributed by atoms with Crippen LogP contribution in [0, 0.1) is 0 Å². The van der Waals surface area contributed by atoms with Crippen molar-refractivity contribution in [2.45, 2.75) is 13.1 Å². The van der Waals surface area contributed by atoms with Crippen LogP contribution >= 0.6 is 0 Å². The first kappa shape index (κ1) is 11.6. The van der Waals surface area contributed by atoms with Gasteiger partial charge in [0, 0.05) is 38.2 Å². The van der Waals surface area contributed by atoms with Gasteiger partial charge in [-0.3, -0.25) is 4.98 Å². The molecule has 0 amide bonds. The molecular formula is C14H17N3. The van der Waals surface area contributed by atoms with Crippen molar-refractivity contribution >= 4 is 5.69 Å². The summed E-state index contributed by atoms with van der Waals surface area (Å²) in [6, 6.07) is 12.3. The van der Waals surface area contributed by atoms with Crippen LogP contribution in [0.5, 0.6) is 0 Å². The van der Waals surface area contributed by atoms with E-state index in [0.29, 0.717) is 6.54 Å². The number of anilines is 1. The third-order valence-corrected chi connectivity index (χ3v) is 2.85. The Balaban J connectivity index is 2.16. The summed E-state index contributed by atoms with van der Waals surface area (Å²) in [5, 5.41) is 0. The van der Waals surface area contributed by atoms with Crippen LogP contribution < -0.4 is 10.6 Å². The summed E-state index contributed by atoms with van der Waals surface area (Å²) in [6.07, 6.45) is 3.61. The number of aromatic nitrogens is 1. The number of hydrogen-bond donors (Lipinski definition) is 1. The Bertz CT molecular complexity index is 468. The third kappa shape index (κ3) is 2.82. The SMILES string of the molecule is CN(Cc1ccccc1CN)c1ccncc1. The van der Waals surface area contributed by atoms with E-state index in [2.05, 4.69) is 35.1 Å². The van der Waals surface area contributed by atoms with Gasteiger partial charge in [-0.2, -0.15) is 0 Å². The molecule has 1 aromatic heterocycles. The van der Waals surface area contributed by atoms with E-state index in [4.69, 9.17) is 5.73 Å². The number of hydrogen-bond acceptors (Lipinski definition) is 3. The second-order valence-corrected chi connectivity index (χ2v) is 4.03. The largest absolute Gasteiger partial charge is 0.370 e. The lowest BCUT2D eigenvalue weighted by Crippen LogP contribution is -2.18. The van der Waals surface area contributed by atoms with E-state index in [1.807, 2.05) is 18.2 Å². The molecule has 2 aromatic rings. The summed E-state index contributed by atoms with van der Waals surface area (Å²) in [4.78, 5) is 6.21. The molecule has 3 heteroatoms. The molecule has 0 fully saturated rings. The fourth-order valence-electron chi connectivity index (χ4n) is 1.86. The zero-order valence-corrected chi connectivity index (χ0v) is 10.0. The van der Waals surface area contributed by atoms with E-state index in [1.54, 1.807) is 12.4 Å². The molecule has 0 aliphatic carbocycles. The maximum absolute atomic E-state index is 5.74. The summed E-state index contributed by atoms with van der Waals surface area (Å²) in [6.45, 7) is 1.44. The molecule has 0 bridgehead atoms. The molecule has 0 radical (unpaired) electrons. The summed E-state index contributed by atoms with van der Waals surface area (Å²) in [5.74, 6) is 0. The van der Waals surface area contributed by atoms with Crippen LogP contribution in [0.15, 0.2) is 48.8 Å². The predicted molar refractivity (Wildman–Crippen MR) is 70.7 cm³/mol. The van der Waals surface area contributed by atoms with Crippen molar-refractivity contribution in [1.29, 1.82) is 0 Å². The fraction of sp³-hybridized carbons (Fsp3) is 0.214. The smallest absolute Gasteiger partial charge is 0.0429 e. The highest BCUT2D eigenvalue weighted by Crippen LogP contribution is 2.16. The average Bonchev–Trinajstić information content (AvgIpc) is 2.40. The summed E-state index contributed by atoms with van der Waals surface area (Å²) >= 11 is 0. The molecular weight excluding hydrogens is 210 g/mol. The molecule has 17 heavy (non-hydrogen) atoms. The van der Waals surface area contributed by atoms with Crippen LogP contribution in [0.25, 0.3) is 0 Å². The molecule has 0 saturated heterocycles. The number of rotatable bonds is 4. The first-order chi connectivity index (χ1) is 8.31. The van der Waals surface area contributed by atoms with Crippen LogP contribution in [0.3, 0.4) is 0 Å². The Morgan fingerprint density at radius 1 is 1.06 bits per heavy atom. The lowest BCUT2D eigenvalue weighted by molar-refractivity contribution is 0.893. The molecule has 3 nitrogen and oxygen atoms in total. The van der Waals surface area contributed by atoms with Crippen molar-refractivity contribution in [2.24, 2.45) is 5.73 Å². The van der Waals surface area contributed by atoms with Crippen molar-refractivity contribution < 1.29 is 0 Å². The zero-order chi connectivity index (χ0) is 12.1. The number of nitrogens with zero attached hydrogens (tertiary/aromatic N) is 2. The van der Waals surface area contributed by atoms with Crippen LogP contribution in [0.2, 0.25) is 0 Å². The lowest BCUT2D eigenvalue weighted by Gasteiger charge is -2.20. The topological polar surface area (TPSA) is 42.1 Å².